The van der Waals surface area contributed by atoms with E-state index in [2.05, 4.69) is 48.7 Å². The standard InChI is InChI=1S/C15H24N2OS/c1-4-13(5-2)17-15(18)11-19-14-8-6-12(7-9-14)10-16-3/h6-9,13,16H,4-5,10-11H2,1-3H3,(H,17,18). The van der Waals surface area contributed by atoms with E-state index in [1.807, 2.05) is 7.05 Å². The first-order valence-electron chi connectivity index (χ1n) is 6.85. The summed E-state index contributed by atoms with van der Waals surface area (Å²) < 4.78 is 0. The Kier molecular flexibility index (Phi) is 7.60. The quantitative estimate of drug-likeness (QED) is 0.720. The highest BCUT2D eigenvalue weighted by Gasteiger charge is 2.08. The van der Waals surface area contributed by atoms with E-state index in [1.54, 1.807) is 11.8 Å². The molecule has 19 heavy (non-hydrogen) atoms. The summed E-state index contributed by atoms with van der Waals surface area (Å²) in [6.45, 7) is 5.07. The monoisotopic (exact) mass is 280 g/mol. The van der Waals surface area contributed by atoms with E-state index >= 15 is 0 Å². The second kappa shape index (κ2) is 8.99. The molecule has 0 unspecified atom stereocenters. The van der Waals surface area contributed by atoms with Crippen molar-refractivity contribution in [3.05, 3.63) is 29.8 Å². The summed E-state index contributed by atoms with van der Waals surface area (Å²) >= 11 is 1.59. The Morgan fingerprint density at radius 1 is 1.21 bits per heavy atom. The number of hydrogen-bond donors (Lipinski definition) is 2. The molecule has 2 N–H and O–H groups in total. The van der Waals surface area contributed by atoms with Crippen LogP contribution in [-0.2, 0) is 11.3 Å². The zero-order chi connectivity index (χ0) is 14.1. The average Bonchev–Trinajstić information content (AvgIpc) is 2.44. The van der Waals surface area contributed by atoms with Crippen molar-refractivity contribution in [2.75, 3.05) is 12.8 Å². The van der Waals surface area contributed by atoms with Gasteiger partial charge >= 0.3 is 0 Å². The normalized spacial score (nSPS) is 10.7. The Balaban J connectivity index is 2.37. The Hall–Kier alpha value is -1.00. The molecule has 0 radical (unpaired) electrons. The smallest absolute Gasteiger partial charge is 0.230 e. The molecule has 1 aromatic rings. The highest BCUT2D eigenvalue weighted by molar-refractivity contribution is 8.00. The third kappa shape index (κ3) is 6.12. The van der Waals surface area contributed by atoms with Crippen LogP contribution in [0.2, 0.25) is 0 Å². The first-order chi connectivity index (χ1) is 9.19. The lowest BCUT2D eigenvalue weighted by Gasteiger charge is -2.14. The maximum Gasteiger partial charge on any atom is 0.230 e. The van der Waals surface area contributed by atoms with Gasteiger partial charge in [0.15, 0.2) is 0 Å². The van der Waals surface area contributed by atoms with E-state index in [4.69, 9.17) is 0 Å². The molecule has 0 atom stereocenters. The van der Waals surface area contributed by atoms with Crippen molar-refractivity contribution in [1.29, 1.82) is 0 Å². The van der Waals surface area contributed by atoms with Gasteiger partial charge in [0.25, 0.3) is 0 Å². The molecule has 0 saturated carbocycles. The minimum Gasteiger partial charge on any atom is -0.353 e. The van der Waals surface area contributed by atoms with Crippen molar-refractivity contribution in [1.82, 2.24) is 10.6 Å². The Morgan fingerprint density at radius 2 is 1.84 bits per heavy atom. The molecule has 0 fully saturated rings. The summed E-state index contributed by atoms with van der Waals surface area (Å²) in [4.78, 5) is 12.9. The van der Waals surface area contributed by atoms with E-state index in [9.17, 15) is 4.79 Å². The molecule has 106 valence electrons. The van der Waals surface area contributed by atoms with Gasteiger partial charge in [-0.25, -0.2) is 0 Å². The Labute approximate surface area is 120 Å². The lowest BCUT2D eigenvalue weighted by atomic mass is 10.2. The van der Waals surface area contributed by atoms with E-state index < -0.39 is 0 Å². The van der Waals surface area contributed by atoms with Crippen LogP contribution in [-0.4, -0.2) is 24.7 Å². The number of amides is 1. The van der Waals surface area contributed by atoms with E-state index in [0.717, 1.165) is 24.3 Å². The predicted octanol–water partition coefficient (Wildman–Crippen LogP) is 2.80. The molecule has 0 saturated heterocycles. The molecular weight excluding hydrogens is 256 g/mol. The van der Waals surface area contributed by atoms with Crippen LogP contribution >= 0.6 is 11.8 Å². The van der Waals surface area contributed by atoms with Crippen LogP contribution in [0.3, 0.4) is 0 Å². The van der Waals surface area contributed by atoms with Crippen molar-refractivity contribution in [3.63, 3.8) is 0 Å². The molecule has 3 nitrogen and oxygen atoms in total. The summed E-state index contributed by atoms with van der Waals surface area (Å²) in [6, 6.07) is 8.64. The summed E-state index contributed by atoms with van der Waals surface area (Å²) in [5, 5.41) is 6.17. The molecule has 1 rings (SSSR count). The van der Waals surface area contributed by atoms with Crippen LogP contribution in [0.1, 0.15) is 32.3 Å². The molecule has 0 heterocycles. The molecule has 0 aliphatic rings. The SMILES string of the molecule is CCC(CC)NC(=O)CSc1ccc(CNC)cc1. The van der Waals surface area contributed by atoms with E-state index in [1.165, 1.54) is 5.56 Å². The largest absolute Gasteiger partial charge is 0.353 e. The van der Waals surface area contributed by atoms with Crippen molar-refractivity contribution >= 4 is 17.7 Å². The van der Waals surface area contributed by atoms with Crippen molar-refractivity contribution in [3.8, 4) is 0 Å². The Morgan fingerprint density at radius 3 is 2.37 bits per heavy atom. The van der Waals surface area contributed by atoms with Gasteiger partial charge in [-0.15, -0.1) is 11.8 Å². The van der Waals surface area contributed by atoms with Gasteiger partial charge in [0, 0.05) is 17.5 Å². The molecule has 1 amide bonds. The minimum atomic E-state index is 0.123. The first-order valence-corrected chi connectivity index (χ1v) is 7.83. The zero-order valence-electron chi connectivity index (χ0n) is 12.0. The maximum atomic E-state index is 11.8. The van der Waals surface area contributed by atoms with Crippen LogP contribution in [0.25, 0.3) is 0 Å². The van der Waals surface area contributed by atoms with Crippen molar-refractivity contribution in [2.45, 2.75) is 44.2 Å². The number of carbonyl (C=O) groups is 1. The number of nitrogens with one attached hydrogen (secondary N) is 2. The lowest BCUT2D eigenvalue weighted by Crippen LogP contribution is -2.34. The van der Waals surface area contributed by atoms with Crippen LogP contribution in [0, 0.1) is 0 Å². The van der Waals surface area contributed by atoms with Gasteiger partial charge in [0.2, 0.25) is 5.91 Å². The van der Waals surface area contributed by atoms with Crippen LogP contribution in [0.4, 0.5) is 0 Å². The molecule has 0 aromatic heterocycles. The van der Waals surface area contributed by atoms with Gasteiger partial charge in [0.05, 0.1) is 5.75 Å². The molecule has 0 aliphatic carbocycles. The number of thioether (sulfide) groups is 1. The van der Waals surface area contributed by atoms with Gasteiger partial charge in [-0.3, -0.25) is 4.79 Å². The molecule has 0 aliphatic heterocycles. The number of benzene rings is 1. The van der Waals surface area contributed by atoms with Gasteiger partial charge in [-0.2, -0.15) is 0 Å². The second-order valence-electron chi connectivity index (χ2n) is 4.54. The summed E-state index contributed by atoms with van der Waals surface area (Å²) in [6.07, 6.45) is 1.98. The zero-order valence-corrected chi connectivity index (χ0v) is 12.8. The fraction of sp³-hybridized carbons (Fsp3) is 0.533. The van der Waals surface area contributed by atoms with Crippen LogP contribution < -0.4 is 10.6 Å². The van der Waals surface area contributed by atoms with Crippen LogP contribution in [0.15, 0.2) is 29.2 Å². The maximum absolute atomic E-state index is 11.8. The third-order valence-electron chi connectivity index (χ3n) is 3.02. The van der Waals surface area contributed by atoms with Crippen LogP contribution in [0.5, 0.6) is 0 Å². The van der Waals surface area contributed by atoms with E-state index in [-0.39, 0.29) is 5.91 Å². The topological polar surface area (TPSA) is 41.1 Å². The molecule has 0 bridgehead atoms. The summed E-state index contributed by atoms with van der Waals surface area (Å²) in [5.74, 6) is 0.611. The van der Waals surface area contributed by atoms with Gasteiger partial charge in [-0.05, 0) is 37.6 Å². The first kappa shape index (κ1) is 16.1. The minimum absolute atomic E-state index is 0.123. The fourth-order valence-electron chi connectivity index (χ4n) is 1.82. The fourth-order valence-corrected chi connectivity index (χ4v) is 2.53. The summed E-state index contributed by atoms with van der Waals surface area (Å²) in [7, 11) is 1.94. The third-order valence-corrected chi connectivity index (χ3v) is 4.04. The van der Waals surface area contributed by atoms with Gasteiger partial charge in [0.1, 0.15) is 0 Å². The number of rotatable bonds is 8. The molecular formula is C15H24N2OS. The van der Waals surface area contributed by atoms with Gasteiger partial charge < -0.3 is 10.6 Å². The van der Waals surface area contributed by atoms with Gasteiger partial charge in [-0.1, -0.05) is 26.0 Å². The highest BCUT2D eigenvalue weighted by atomic mass is 32.2. The average molecular weight is 280 g/mol. The Bertz CT molecular complexity index is 374. The molecule has 1 aromatic carbocycles. The van der Waals surface area contributed by atoms with E-state index in [0.29, 0.717) is 11.8 Å². The number of hydrogen-bond acceptors (Lipinski definition) is 3. The molecule has 0 spiro atoms. The summed E-state index contributed by atoms with van der Waals surface area (Å²) in [5.41, 5.74) is 1.26. The predicted molar refractivity (Wildman–Crippen MR) is 82.4 cm³/mol. The van der Waals surface area contributed by atoms with Crippen molar-refractivity contribution < 1.29 is 4.79 Å². The highest BCUT2D eigenvalue weighted by Crippen LogP contribution is 2.18. The van der Waals surface area contributed by atoms with Crippen molar-refractivity contribution in [2.24, 2.45) is 0 Å². The molecule has 4 heteroatoms. The lowest BCUT2D eigenvalue weighted by molar-refractivity contribution is -0.119. The number of carbonyl (C=O) groups excluding carboxylic acids is 1. The second-order valence-corrected chi connectivity index (χ2v) is 5.59.